The molecular weight excluding hydrogens is 252 g/mol. The Morgan fingerprint density at radius 2 is 1.85 bits per heavy atom. The van der Waals surface area contributed by atoms with Crippen molar-refractivity contribution in [2.75, 3.05) is 5.32 Å². The van der Waals surface area contributed by atoms with Crippen molar-refractivity contribution >= 4 is 11.4 Å². The van der Waals surface area contributed by atoms with Gasteiger partial charge in [0.05, 0.1) is 4.92 Å². The van der Waals surface area contributed by atoms with Gasteiger partial charge in [-0.1, -0.05) is 18.2 Å². The van der Waals surface area contributed by atoms with Gasteiger partial charge in [0.15, 0.2) is 0 Å². The number of aryl methyl sites for hydroxylation is 2. The fraction of sp³-hybridized carbons (Fsp3) is 0.250. The highest BCUT2D eigenvalue weighted by atomic mass is 16.6. The van der Waals surface area contributed by atoms with Crippen LogP contribution in [0.25, 0.3) is 0 Å². The van der Waals surface area contributed by atoms with Crippen LogP contribution in [0.3, 0.4) is 0 Å². The molecule has 2 rings (SSSR count). The molecule has 1 N–H and O–H groups in total. The van der Waals surface area contributed by atoms with Crippen LogP contribution in [0.2, 0.25) is 0 Å². The number of nitro groups is 1. The molecule has 0 aliphatic heterocycles. The summed E-state index contributed by atoms with van der Waals surface area (Å²) in [6, 6.07) is 11.3. The van der Waals surface area contributed by atoms with Crippen molar-refractivity contribution in [2.24, 2.45) is 0 Å². The predicted molar refractivity (Wildman–Crippen MR) is 81.1 cm³/mol. The molecule has 2 aromatic rings. The number of nitrogens with one attached hydrogen (secondary N) is 1. The molecule has 4 nitrogen and oxygen atoms in total. The highest BCUT2D eigenvalue weighted by Gasteiger charge is 2.10. The molecule has 0 atom stereocenters. The highest BCUT2D eigenvalue weighted by molar-refractivity contribution is 5.54. The van der Waals surface area contributed by atoms with Gasteiger partial charge in [0.1, 0.15) is 0 Å². The van der Waals surface area contributed by atoms with E-state index in [1.54, 1.807) is 19.1 Å². The number of rotatable bonds is 4. The molecule has 4 heteroatoms. The van der Waals surface area contributed by atoms with Crippen LogP contribution in [-0.2, 0) is 6.54 Å². The SMILES string of the molecule is Cc1cc(NCc2cccc(C)c2C)ccc1[N+](=O)[O-]. The van der Waals surface area contributed by atoms with Gasteiger partial charge in [0.2, 0.25) is 0 Å². The number of nitro benzene ring substituents is 1. The molecule has 0 saturated carbocycles. The van der Waals surface area contributed by atoms with E-state index in [-0.39, 0.29) is 10.6 Å². The minimum Gasteiger partial charge on any atom is -0.381 e. The van der Waals surface area contributed by atoms with Gasteiger partial charge in [0.25, 0.3) is 5.69 Å². The number of nitrogens with zero attached hydrogens (tertiary/aromatic N) is 1. The van der Waals surface area contributed by atoms with Crippen molar-refractivity contribution in [3.63, 3.8) is 0 Å². The molecule has 0 bridgehead atoms. The van der Waals surface area contributed by atoms with Gasteiger partial charge in [0, 0.05) is 23.9 Å². The van der Waals surface area contributed by atoms with E-state index in [1.807, 2.05) is 12.1 Å². The quantitative estimate of drug-likeness (QED) is 0.671. The van der Waals surface area contributed by atoms with Crippen molar-refractivity contribution in [1.29, 1.82) is 0 Å². The van der Waals surface area contributed by atoms with Gasteiger partial charge >= 0.3 is 0 Å². The van der Waals surface area contributed by atoms with Crippen molar-refractivity contribution in [3.05, 3.63) is 68.8 Å². The molecule has 2 aromatic carbocycles. The van der Waals surface area contributed by atoms with Crippen LogP contribution in [0, 0.1) is 30.9 Å². The Bertz CT molecular complexity index is 651. The van der Waals surface area contributed by atoms with E-state index in [0.717, 1.165) is 5.69 Å². The lowest BCUT2D eigenvalue weighted by atomic mass is 10.0. The lowest BCUT2D eigenvalue weighted by Gasteiger charge is -2.11. The van der Waals surface area contributed by atoms with Gasteiger partial charge in [-0.3, -0.25) is 10.1 Å². The van der Waals surface area contributed by atoms with Crippen LogP contribution >= 0.6 is 0 Å². The maximum absolute atomic E-state index is 10.8. The summed E-state index contributed by atoms with van der Waals surface area (Å²) in [5.41, 5.74) is 5.50. The number of anilines is 1. The van der Waals surface area contributed by atoms with Crippen LogP contribution in [0.4, 0.5) is 11.4 Å². The average Bonchev–Trinajstić information content (AvgIpc) is 2.40. The van der Waals surface area contributed by atoms with Gasteiger partial charge in [-0.15, -0.1) is 0 Å². The lowest BCUT2D eigenvalue weighted by Crippen LogP contribution is -2.03. The summed E-state index contributed by atoms with van der Waals surface area (Å²) in [4.78, 5) is 10.4. The van der Waals surface area contributed by atoms with Crippen LogP contribution in [0.5, 0.6) is 0 Å². The minimum atomic E-state index is -0.357. The van der Waals surface area contributed by atoms with Crippen molar-refractivity contribution in [2.45, 2.75) is 27.3 Å². The second-order valence-electron chi connectivity index (χ2n) is 4.97. The van der Waals surface area contributed by atoms with Crippen LogP contribution in [0.15, 0.2) is 36.4 Å². The molecule has 0 fully saturated rings. The third-order valence-corrected chi connectivity index (χ3v) is 3.59. The third kappa shape index (κ3) is 2.96. The zero-order valence-corrected chi connectivity index (χ0v) is 11.9. The molecule has 0 heterocycles. The highest BCUT2D eigenvalue weighted by Crippen LogP contribution is 2.22. The molecule has 0 saturated heterocycles. The normalized spacial score (nSPS) is 10.3. The summed E-state index contributed by atoms with van der Waals surface area (Å²) >= 11 is 0. The Hall–Kier alpha value is -2.36. The summed E-state index contributed by atoms with van der Waals surface area (Å²) in [6.07, 6.45) is 0. The van der Waals surface area contributed by atoms with E-state index >= 15 is 0 Å². The molecular formula is C16H18N2O2. The van der Waals surface area contributed by atoms with Gasteiger partial charge < -0.3 is 5.32 Å². The number of hydrogen-bond acceptors (Lipinski definition) is 3. The first-order valence-corrected chi connectivity index (χ1v) is 6.53. The molecule has 0 aliphatic rings. The number of hydrogen-bond donors (Lipinski definition) is 1. The molecule has 0 amide bonds. The average molecular weight is 270 g/mol. The van der Waals surface area contributed by atoms with Crippen molar-refractivity contribution < 1.29 is 4.92 Å². The summed E-state index contributed by atoms with van der Waals surface area (Å²) in [7, 11) is 0. The van der Waals surface area contributed by atoms with Crippen LogP contribution in [-0.4, -0.2) is 4.92 Å². The van der Waals surface area contributed by atoms with Crippen molar-refractivity contribution in [1.82, 2.24) is 0 Å². The second-order valence-corrected chi connectivity index (χ2v) is 4.97. The van der Waals surface area contributed by atoms with Gasteiger partial charge in [-0.05, 0) is 49.6 Å². The Morgan fingerprint density at radius 1 is 1.10 bits per heavy atom. The summed E-state index contributed by atoms with van der Waals surface area (Å²) < 4.78 is 0. The summed E-state index contributed by atoms with van der Waals surface area (Å²) in [5.74, 6) is 0. The topological polar surface area (TPSA) is 55.2 Å². The molecule has 0 aliphatic carbocycles. The molecule has 0 spiro atoms. The Labute approximate surface area is 118 Å². The first-order valence-electron chi connectivity index (χ1n) is 6.53. The molecule has 0 aromatic heterocycles. The maximum Gasteiger partial charge on any atom is 0.272 e. The predicted octanol–water partition coefficient (Wildman–Crippen LogP) is 4.13. The molecule has 20 heavy (non-hydrogen) atoms. The first kappa shape index (κ1) is 14.1. The Kier molecular flexibility index (Phi) is 4.03. The fourth-order valence-corrected chi connectivity index (χ4v) is 2.17. The standard InChI is InChI=1S/C16H18N2O2/c1-11-5-4-6-14(13(11)3)10-17-15-7-8-16(18(19)20)12(2)9-15/h4-9,17H,10H2,1-3H3. The molecule has 104 valence electrons. The monoisotopic (exact) mass is 270 g/mol. The van der Waals surface area contributed by atoms with E-state index in [0.29, 0.717) is 12.1 Å². The van der Waals surface area contributed by atoms with Crippen LogP contribution < -0.4 is 5.32 Å². The molecule has 0 radical (unpaired) electrons. The molecule has 0 unspecified atom stereocenters. The first-order chi connectivity index (χ1) is 9.49. The Morgan fingerprint density at radius 3 is 2.50 bits per heavy atom. The van der Waals surface area contributed by atoms with E-state index in [4.69, 9.17) is 0 Å². The second kappa shape index (κ2) is 5.74. The minimum absolute atomic E-state index is 0.155. The lowest BCUT2D eigenvalue weighted by molar-refractivity contribution is -0.385. The van der Waals surface area contributed by atoms with E-state index < -0.39 is 0 Å². The van der Waals surface area contributed by atoms with Crippen molar-refractivity contribution in [3.8, 4) is 0 Å². The van der Waals surface area contributed by atoms with E-state index in [1.165, 1.54) is 16.7 Å². The van der Waals surface area contributed by atoms with E-state index in [2.05, 4.69) is 31.3 Å². The third-order valence-electron chi connectivity index (χ3n) is 3.59. The summed E-state index contributed by atoms with van der Waals surface area (Å²) in [6.45, 7) is 6.66. The fourth-order valence-electron chi connectivity index (χ4n) is 2.17. The van der Waals surface area contributed by atoms with E-state index in [9.17, 15) is 10.1 Å². The maximum atomic E-state index is 10.8. The van der Waals surface area contributed by atoms with Gasteiger partial charge in [-0.25, -0.2) is 0 Å². The Balaban J connectivity index is 2.13. The smallest absolute Gasteiger partial charge is 0.272 e. The van der Waals surface area contributed by atoms with Crippen LogP contribution in [0.1, 0.15) is 22.3 Å². The van der Waals surface area contributed by atoms with Gasteiger partial charge in [-0.2, -0.15) is 0 Å². The zero-order valence-electron chi connectivity index (χ0n) is 11.9. The zero-order chi connectivity index (χ0) is 14.7. The largest absolute Gasteiger partial charge is 0.381 e. The summed E-state index contributed by atoms with van der Waals surface area (Å²) in [5, 5.41) is 14.1. The number of benzene rings is 2.